The molecule has 0 bridgehead atoms. The van der Waals surface area contributed by atoms with Crippen LogP contribution in [0.2, 0.25) is 5.02 Å². The molecule has 0 aliphatic heterocycles. The highest BCUT2D eigenvalue weighted by Gasteiger charge is 2.11. The Morgan fingerprint density at radius 1 is 1.47 bits per heavy atom. The molecule has 2 nitrogen and oxygen atoms in total. The molecular formula is C11H12Cl2O2. The third-order valence-corrected chi connectivity index (χ3v) is 2.73. The first kappa shape index (κ1) is 12.3. The number of halogens is 2. The normalized spacial score (nSPS) is 10.1. The number of hydrogen-bond donors (Lipinski definition) is 0. The molecule has 0 atom stereocenters. The summed E-state index contributed by atoms with van der Waals surface area (Å²) in [4.78, 5) is 11.2. The summed E-state index contributed by atoms with van der Waals surface area (Å²) in [6, 6.07) is 3.59. The van der Waals surface area contributed by atoms with E-state index in [1.54, 1.807) is 6.07 Å². The van der Waals surface area contributed by atoms with Gasteiger partial charge < -0.3 is 4.74 Å². The summed E-state index contributed by atoms with van der Waals surface area (Å²) in [5.41, 5.74) is 2.75. The summed E-state index contributed by atoms with van der Waals surface area (Å²) in [5, 5.41) is 0.636. The molecule has 0 N–H and O–H groups in total. The van der Waals surface area contributed by atoms with E-state index in [0.717, 1.165) is 16.7 Å². The quantitative estimate of drug-likeness (QED) is 0.606. The van der Waals surface area contributed by atoms with E-state index in [9.17, 15) is 4.79 Å². The highest BCUT2D eigenvalue weighted by Crippen LogP contribution is 2.23. The van der Waals surface area contributed by atoms with Gasteiger partial charge >= 0.3 is 5.97 Å². The standard InChI is InChI=1S/C11H12Cl2O2/c1-7-3-9(13)4-8(6-12)10(7)5-11(14)15-2/h3-4H,5-6H2,1-2H3. The van der Waals surface area contributed by atoms with Crippen LogP contribution in [-0.2, 0) is 21.8 Å². The molecule has 0 amide bonds. The van der Waals surface area contributed by atoms with Crippen molar-refractivity contribution in [2.45, 2.75) is 19.2 Å². The Hall–Kier alpha value is -0.730. The summed E-state index contributed by atoms with van der Waals surface area (Å²) in [6.45, 7) is 1.90. The van der Waals surface area contributed by atoms with Gasteiger partial charge in [-0.3, -0.25) is 4.79 Å². The molecule has 0 saturated heterocycles. The van der Waals surface area contributed by atoms with E-state index >= 15 is 0 Å². The topological polar surface area (TPSA) is 26.3 Å². The molecule has 15 heavy (non-hydrogen) atoms. The molecule has 1 rings (SSSR count). The maximum atomic E-state index is 11.2. The van der Waals surface area contributed by atoms with Gasteiger partial charge in [0.2, 0.25) is 0 Å². The zero-order valence-corrected chi connectivity index (χ0v) is 10.2. The van der Waals surface area contributed by atoms with Crippen LogP contribution >= 0.6 is 23.2 Å². The van der Waals surface area contributed by atoms with E-state index < -0.39 is 0 Å². The molecule has 0 spiro atoms. The first-order chi connectivity index (χ1) is 7.08. The number of aryl methyl sites for hydroxylation is 1. The lowest BCUT2D eigenvalue weighted by Crippen LogP contribution is -2.08. The predicted molar refractivity (Wildman–Crippen MR) is 61.5 cm³/mol. The highest BCUT2D eigenvalue weighted by atomic mass is 35.5. The average molecular weight is 247 g/mol. The first-order valence-corrected chi connectivity index (χ1v) is 5.40. The molecule has 0 heterocycles. The third-order valence-electron chi connectivity index (χ3n) is 2.22. The van der Waals surface area contributed by atoms with Crippen LogP contribution in [0.25, 0.3) is 0 Å². The van der Waals surface area contributed by atoms with Gasteiger partial charge in [-0.25, -0.2) is 0 Å². The van der Waals surface area contributed by atoms with Crippen LogP contribution in [0.5, 0.6) is 0 Å². The van der Waals surface area contributed by atoms with Gasteiger partial charge in [0, 0.05) is 10.9 Å². The van der Waals surface area contributed by atoms with E-state index in [4.69, 9.17) is 23.2 Å². The number of ether oxygens (including phenoxy) is 1. The van der Waals surface area contributed by atoms with Crippen molar-refractivity contribution in [3.05, 3.63) is 33.8 Å². The van der Waals surface area contributed by atoms with Gasteiger partial charge in [-0.15, -0.1) is 11.6 Å². The number of benzene rings is 1. The molecule has 0 aliphatic rings. The minimum atomic E-state index is -0.271. The van der Waals surface area contributed by atoms with Gasteiger partial charge in [-0.05, 0) is 35.7 Å². The lowest BCUT2D eigenvalue weighted by atomic mass is 10.00. The summed E-state index contributed by atoms with van der Waals surface area (Å²) >= 11 is 11.7. The largest absolute Gasteiger partial charge is 0.469 e. The second-order valence-electron chi connectivity index (χ2n) is 3.25. The number of methoxy groups -OCH3 is 1. The molecule has 0 aromatic heterocycles. The second kappa shape index (κ2) is 5.38. The zero-order chi connectivity index (χ0) is 11.4. The predicted octanol–water partition coefficient (Wildman–Crippen LogP) is 3.10. The maximum Gasteiger partial charge on any atom is 0.309 e. The summed E-state index contributed by atoms with van der Waals surface area (Å²) in [7, 11) is 1.37. The van der Waals surface area contributed by atoms with Crippen LogP contribution in [0.1, 0.15) is 16.7 Å². The van der Waals surface area contributed by atoms with E-state index in [1.165, 1.54) is 7.11 Å². The summed E-state index contributed by atoms with van der Waals surface area (Å²) in [5.74, 6) is 0.0695. The average Bonchev–Trinajstić information content (AvgIpc) is 2.21. The fraction of sp³-hybridized carbons (Fsp3) is 0.364. The van der Waals surface area contributed by atoms with Crippen molar-refractivity contribution >= 4 is 29.2 Å². The van der Waals surface area contributed by atoms with Gasteiger partial charge in [0.25, 0.3) is 0 Å². The first-order valence-electron chi connectivity index (χ1n) is 4.49. The van der Waals surface area contributed by atoms with Crippen molar-refractivity contribution in [2.24, 2.45) is 0 Å². The van der Waals surface area contributed by atoms with Crippen molar-refractivity contribution < 1.29 is 9.53 Å². The third kappa shape index (κ3) is 3.11. The number of alkyl halides is 1. The van der Waals surface area contributed by atoms with Gasteiger partial charge in [-0.2, -0.15) is 0 Å². The summed E-state index contributed by atoms with van der Waals surface area (Å²) in [6.07, 6.45) is 0.238. The van der Waals surface area contributed by atoms with Crippen molar-refractivity contribution in [3.8, 4) is 0 Å². The molecule has 4 heteroatoms. The van der Waals surface area contributed by atoms with Gasteiger partial charge in [0.15, 0.2) is 0 Å². The molecule has 1 aromatic rings. The Bertz CT molecular complexity index is 375. The number of hydrogen-bond acceptors (Lipinski definition) is 2. The molecular weight excluding hydrogens is 235 g/mol. The molecule has 0 saturated carbocycles. The number of carbonyl (C=O) groups is 1. The van der Waals surface area contributed by atoms with Crippen molar-refractivity contribution in [2.75, 3.05) is 7.11 Å². The lowest BCUT2D eigenvalue weighted by Gasteiger charge is -2.10. The SMILES string of the molecule is COC(=O)Cc1c(C)cc(Cl)cc1CCl. The molecule has 0 aliphatic carbocycles. The van der Waals surface area contributed by atoms with Crippen molar-refractivity contribution in [1.29, 1.82) is 0 Å². The van der Waals surface area contributed by atoms with E-state index in [0.29, 0.717) is 10.9 Å². The Kier molecular flexibility index (Phi) is 4.43. The Labute approximate surface area is 99.1 Å². The van der Waals surface area contributed by atoms with Crippen molar-refractivity contribution in [1.82, 2.24) is 0 Å². The Morgan fingerprint density at radius 2 is 2.13 bits per heavy atom. The lowest BCUT2D eigenvalue weighted by molar-refractivity contribution is -0.139. The minimum absolute atomic E-state index is 0.238. The van der Waals surface area contributed by atoms with Crippen LogP contribution in [-0.4, -0.2) is 13.1 Å². The van der Waals surface area contributed by atoms with E-state index in [2.05, 4.69) is 4.74 Å². The van der Waals surface area contributed by atoms with Crippen LogP contribution in [0.3, 0.4) is 0 Å². The monoisotopic (exact) mass is 246 g/mol. The minimum Gasteiger partial charge on any atom is -0.469 e. The van der Waals surface area contributed by atoms with Gasteiger partial charge in [0.05, 0.1) is 13.5 Å². The fourth-order valence-electron chi connectivity index (χ4n) is 1.43. The van der Waals surface area contributed by atoms with E-state index in [-0.39, 0.29) is 12.4 Å². The van der Waals surface area contributed by atoms with Crippen LogP contribution < -0.4 is 0 Å². The Balaban J connectivity index is 3.09. The van der Waals surface area contributed by atoms with Crippen molar-refractivity contribution in [3.63, 3.8) is 0 Å². The maximum absolute atomic E-state index is 11.2. The van der Waals surface area contributed by atoms with Crippen LogP contribution in [0.4, 0.5) is 0 Å². The molecule has 0 radical (unpaired) electrons. The Morgan fingerprint density at radius 3 is 2.67 bits per heavy atom. The summed E-state index contributed by atoms with van der Waals surface area (Å²) < 4.78 is 4.62. The smallest absolute Gasteiger partial charge is 0.309 e. The van der Waals surface area contributed by atoms with Gasteiger partial charge in [-0.1, -0.05) is 11.6 Å². The van der Waals surface area contributed by atoms with Gasteiger partial charge in [0.1, 0.15) is 0 Å². The molecule has 1 aromatic carbocycles. The fourth-order valence-corrected chi connectivity index (χ4v) is 1.96. The number of rotatable bonds is 3. The van der Waals surface area contributed by atoms with Crippen LogP contribution in [0, 0.1) is 6.92 Å². The highest BCUT2D eigenvalue weighted by molar-refractivity contribution is 6.30. The van der Waals surface area contributed by atoms with Crippen LogP contribution in [0.15, 0.2) is 12.1 Å². The molecule has 0 unspecified atom stereocenters. The second-order valence-corrected chi connectivity index (χ2v) is 3.95. The number of esters is 1. The van der Waals surface area contributed by atoms with E-state index in [1.807, 2.05) is 13.0 Å². The number of carbonyl (C=O) groups excluding carboxylic acids is 1. The molecule has 82 valence electrons. The zero-order valence-electron chi connectivity index (χ0n) is 8.64. The molecule has 0 fully saturated rings.